The second kappa shape index (κ2) is 6.06. The van der Waals surface area contributed by atoms with Crippen LogP contribution >= 0.6 is 0 Å². The fourth-order valence-corrected chi connectivity index (χ4v) is 2.33. The lowest BCUT2D eigenvalue weighted by molar-refractivity contribution is -0.129. The van der Waals surface area contributed by atoms with E-state index < -0.39 is 0 Å². The second-order valence-electron chi connectivity index (χ2n) is 5.16. The van der Waals surface area contributed by atoms with Crippen LogP contribution in [0, 0.1) is 0 Å². The molecule has 0 bridgehead atoms. The molecule has 1 atom stereocenters. The van der Waals surface area contributed by atoms with E-state index >= 15 is 0 Å². The van der Waals surface area contributed by atoms with E-state index in [0.29, 0.717) is 13.0 Å². The molecule has 1 aromatic carbocycles. The Morgan fingerprint density at radius 1 is 1.47 bits per heavy atom. The highest BCUT2D eigenvalue weighted by Crippen LogP contribution is 2.31. The minimum Gasteiger partial charge on any atom is -0.493 e. The van der Waals surface area contributed by atoms with Gasteiger partial charge in [-0.2, -0.15) is 0 Å². The summed E-state index contributed by atoms with van der Waals surface area (Å²) in [6.07, 6.45) is 2.88. The van der Waals surface area contributed by atoms with E-state index in [4.69, 9.17) is 4.74 Å². The predicted molar refractivity (Wildman–Crippen MR) is 73.1 cm³/mol. The van der Waals surface area contributed by atoms with Gasteiger partial charge in [0.25, 0.3) is 0 Å². The molecule has 19 heavy (non-hydrogen) atoms. The van der Waals surface area contributed by atoms with Crippen LogP contribution in [0.25, 0.3) is 0 Å². The van der Waals surface area contributed by atoms with Crippen LogP contribution in [0.2, 0.25) is 0 Å². The Morgan fingerprint density at radius 3 is 3.00 bits per heavy atom. The second-order valence-corrected chi connectivity index (χ2v) is 5.16. The van der Waals surface area contributed by atoms with Gasteiger partial charge in [0.15, 0.2) is 0 Å². The molecule has 1 N–H and O–H groups in total. The molecular weight excluding hydrogens is 242 g/mol. The zero-order chi connectivity index (χ0) is 13.8. The third-order valence-corrected chi connectivity index (χ3v) is 3.48. The Balaban J connectivity index is 1.93. The van der Waals surface area contributed by atoms with Gasteiger partial charge in [-0.3, -0.25) is 4.79 Å². The number of aliphatic hydroxyl groups is 1. The van der Waals surface area contributed by atoms with Crippen LogP contribution in [-0.4, -0.2) is 36.6 Å². The Bertz CT molecular complexity index is 457. The van der Waals surface area contributed by atoms with Crippen LogP contribution in [0.5, 0.6) is 5.75 Å². The highest BCUT2D eigenvalue weighted by atomic mass is 16.5. The van der Waals surface area contributed by atoms with E-state index in [2.05, 4.69) is 0 Å². The van der Waals surface area contributed by atoms with Crippen LogP contribution in [0.15, 0.2) is 18.2 Å². The molecule has 0 saturated carbocycles. The van der Waals surface area contributed by atoms with Crippen LogP contribution in [0.3, 0.4) is 0 Å². The molecule has 4 heteroatoms. The first-order valence-electron chi connectivity index (χ1n) is 6.72. The average molecular weight is 263 g/mol. The summed E-state index contributed by atoms with van der Waals surface area (Å²) in [6.45, 7) is 0.387. The molecule has 1 aromatic rings. The average Bonchev–Trinajstić information content (AvgIpc) is 2.38. The van der Waals surface area contributed by atoms with Gasteiger partial charge in [-0.15, -0.1) is 0 Å². The minimum absolute atomic E-state index is 0.0633. The van der Waals surface area contributed by atoms with Crippen molar-refractivity contribution in [2.75, 3.05) is 20.7 Å². The van der Waals surface area contributed by atoms with E-state index in [9.17, 15) is 9.90 Å². The van der Waals surface area contributed by atoms with Gasteiger partial charge >= 0.3 is 0 Å². The van der Waals surface area contributed by atoms with E-state index in [1.807, 2.05) is 18.2 Å². The fourth-order valence-electron chi connectivity index (χ4n) is 2.33. The SMILES string of the molecule is CN(C)C(=O)CCOc1ccc2c(c1)CCCC2O. The molecule has 1 unspecified atom stereocenters. The number of benzene rings is 1. The van der Waals surface area contributed by atoms with Crippen molar-refractivity contribution >= 4 is 5.91 Å². The van der Waals surface area contributed by atoms with Crippen molar-refractivity contribution in [3.05, 3.63) is 29.3 Å². The van der Waals surface area contributed by atoms with Crippen LogP contribution in [-0.2, 0) is 11.2 Å². The zero-order valence-electron chi connectivity index (χ0n) is 11.6. The number of hydrogen-bond acceptors (Lipinski definition) is 3. The van der Waals surface area contributed by atoms with Crippen molar-refractivity contribution in [1.82, 2.24) is 4.90 Å². The number of amides is 1. The van der Waals surface area contributed by atoms with Crippen LogP contribution in [0.4, 0.5) is 0 Å². The maximum atomic E-state index is 11.4. The third-order valence-electron chi connectivity index (χ3n) is 3.48. The summed E-state index contributed by atoms with van der Waals surface area (Å²) < 4.78 is 5.60. The first-order chi connectivity index (χ1) is 9.08. The Hall–Kier alpha value is -1.55. The number of hydrogen-bond donors (Lipinski definition) is 1. The van der Waals surface area contributed by atoms with Crippen molar-refractivity contribution in [2.24, 2.45) is 0 Å². The van der Waals surface area contributed by atoms with Crippen molar-refractivity contribution in [3.8, 4) is 5.75 Å². The largest absolute Gasteiger partial charge is 0.493 e. The topological polar surface area (TPSA) is 49.8 Å². The summed E-state index contributed by atoms with van der Waals surface area (Å²) in [4.78, 5) is 13.0. The van der Waals surface area contributed by atoms with Gasteiger partial charge in [-0.05, 0) is 42.5 Å². The molecule has 0 aliphatic heterocycles. The van der Waals surface area contributed by atoms with Gasteiger partial charge in [0, 0.05) is 14.1 Å². The normalized spacial score (nSPS) is 17.7. The summed E-state index contributed by atoms with van der Waals surface area (Å²) in [6, 6.07) is 5.79. The number of ether oxygens (including phenoxy) is 1. The van der Waals surface area contributed by atoms with E-state index in [1.54, 1.807) is 19.0 Å². The smallest absolute Gasteiger partial charge is 0.225 e. The molecule has 4 nitrogen and oxygen atoms in total. The molecule has 2 rings (SSSR count). The standard InChI is InChI=1S/C15H21NO3/c1-16(2)15(18)8-9-19-12-6-7-13-11(10-12)4-3-5-14(13)17/h6-7,10,14,17H,3-5,8-9H2,1-2H3. The molecule has 1 aliphatic carbocycles. The number of aryl methyl sites for hydroxylation is 1. The summed E-state index contributed by atoms with van der Waals surface area (Å²) in [5, 5.41) is 9.87. The zero-order valence-corrected chi connectivity index (χ0v) is 11.6. The van der Waals surface area contributed by atoms with Gasteiger partial charge in [0.2, 0.25) is 5.91 Å². The molecular formula is C15H21NO3. The predicted octanol–water partition coefficient (Wildman–Crippen LogP) is 1.91. The quantitative estimate of drug-likeness (QED) is 0.902. The van der Waals surface area contributed by atoms with Crippen molar-refractivity contribution in [3.63, 3.8) is 0 Å². The fraction of sp³-hybridized carbons (Fsp3) is 0.533. The highest BCUT2D eigenvalue weighted by Gasteiger charge is 2.18. The first-order valence-corrected chi connectivity index (χ1v) is 6.72. The Morgan fingerprint density at radius 2 is 2.26 bits per heavy atom. The van der Waals surface area contributed by atoms with Gasteiger partial charge < -0.3 is 14.7 Å². The molecule has 0 aromatic heterocycles. The van der Waals surface area contributed by atoms with E-state index in [0.717, 1.165) is 36.1 Å². The Labute approximate surface area is 114 Å². The van der Waals surface area contributed by atoms with Gasteiger partial charge in [0.1, 0.15) is 5.75 Å². The lowest BCUT2D eigenvalue weighted by atomic mass is 9.89. The summed E-state index contributed by atoms with van der Waals surface area (Å²) >= 11 is 0. The van der Waals surface area contributed by atoms with E-state index in [-0.39, 0.29) is 12.0 Å². The molecule has 1 amide bonds. The van der Waals surface area contributed by atoms with Gasteiger partial charge in [-0.1, -0.05) is 6.07 Å². The number of fused-ring (bicyclic) bond motifs is 1. The third kappa shape index (κ3) is 3.47. The lowest BCUT2D eigenvalue weighted by Gasteiger charge is -2.21. The molecule has 0 fully saturated rings. The number of carbonyl (C=O) groups excluding carboxylic acids is 1. The number of nitrogens with zero attached hydrogens (tertiary/aromatic N) is 1. The Kier molecular flexibility index (Phi) is 4.43. The number of aliphatic hydroxyl groups excluding tert-OH is 1. The summed E-state index contributed by atoms with van der Waals surface area (Å²) in [5.41, 5.74) is 2.18. The maximum absolute atomic E-state index is 11.4. The number of rotatable bonds is 4. The molecule has 0 spiro atoms. The molecule has 1 aliphatic rings. The highest BCUT2D eigenvalue weighted by molar-refractivity contribution is 5.75. The van der Waals surface area contributed by atoms with Crippen molar-refractivity contribution in [2.45, 2.75) is 31.8 Å². The minimum atomic E-state index is -0.340. The molecule has 0 radical (unpaired) electrons. The molecule has 104 valence electrons. The van der Waals surface area contributed by atoms with E-state index in [1.165, 1.54) is 0 Å². The lowest BCUT2D eigenvalue weighted by Crippen LogP contribution is -2.23. The van der Waals surface area contributed by atoms with Crippen molar-refractivity contribution in [1.29, 1.82) is 0 Å². The maximum Gasteiger partial charge on any atom is 0.225 e. The van der Waals surface area contributed by atoms with Crippen LogP contribution < -0.4 is 4.74 Å². The monoisotopic (exact) mass is 263 g/mol. The van der Waals surface area contributed by atoms with Crippen LogP contribution in [0.1, 0.15) is 36.5 Å². The first kappa shape index (κ1) is 13.9. The number of carbonyl (C=O) groups is 1. The van der Waals surface area contributed by atoms with Gasteiger partial charge in [-0.25, -0.2) is 0 Å². The van der Waals surface area contributed by atoms with Gasteiger partial charge in [0.05, 0.1) is 19.1 Å². The summed E-state index contributed by atoms with van der Waals surface area (Å²) in [5.74, 6) is 0.841. The summed E-state index contributed by atoms with van der Waals surface area (Å²) in [7, 11) is 3.48. The molecule has 0 heterocycles. The van der Waals surface area contributed by atoms with Crippen molar-refractivity contribution < 1.29 is 14.6 Å². The molecule has 0 saturated heterocycles.